The summed E-state index contributed by atoms with van der Waals surface area (Å²) < 4.78 is 7.30. The van der Waals surface area contributed by atoms with Crippen molar-refractivity contribution in [2.75, 3.05) is 13.7 Å². The van der Waals surface area contributed by atoms with Gasteiger partial charge >= 0.3 is 0 Å². The summed E-state index contributed by atoms with van der Waals surface area (Å²) in [5, 5.41) is 11.8. The fourth-order valence-electron chi connectivity index (χ4n) is 1.53. The third kappa shape index (κ3) is 2.76. The smallest absolute Gasteiger partial charge is 0.183 e. The second-order valence-electron chi connectivity index (χ2n) is 4.01. The van der Waals surface area contributed by atoms with Gasteiger partial charge in [0.2, 0.25) is 0 Å². The zero-order valence-electron chi connectivity index (χ0n) is 10.3. The Bertz CT molecular complexity index is 308. The van der Waals surface area contributed by atoms with Crippen LogP contribution in [0.3, 0.4) is 0 Å². The van der Waals surface area contributed by atoms with Crippen LogP contribution in [0, 0.1) is 0 Å². The lowest BCUT2D eigenvalue weighted by Gasteiger charge is -2.24. The molecule has 1 aromatic rings. The van der Waals surface area contributed by atoms with Gasteiger partial charge in [0.05, 0.1) is 0 Å². The highest BCUT2D eigenvalue weighted by molar-refractivity contribution is 4.97. The molecule has 0 aliphatic heterocycles. The molecule has 2 N–H and O–H groups in total. The lowest BCUT2D eigenvalue weighted by Crippen LogP contribution is -2.28. The first-order valence-electron chi connectivity index (χ1n) is 5.69. The molecule has 0 spiro atoms. The van der Waals surface area contributed by atoms with Gasteiger partial charge in [-0.15, -0.1) is 5.10 Å². The fourth-order valence-corrected chi connectivity index (χ4v) is 1.53. The van der Waals surface area contributed by atoms with Crippen molar-refractivity contribution in [2.45, 2.75) is 45.3 Å². The van der Waals surface area contributed by atoms with Crippen LogP contribution >= 0.6 is 0 Å². The number of rotatable bonds is 7. The van der Waals surface area contributed by atoms with E-state index in [1.54, 1.807) is 7.11 Å². The summed E-state index contributed by atoms with van der Waals surface area (Å²) in [6, 6.07) is 0. The molecule has 0 saturated heterocycles. The van der Waals surface area contributed by atoms with Crippen LogP contribution in [0.5, 0.6) is 0 Å². The summed E-state index contributed by atoms with van der Waals surface area (Å²) >= 11 is 0. The van der Waals surface area contributed by atoms with Gasteiger partial charge in [-0.05, 0) is 43.2 Å². The van der Waals surface area contributed by atoms with Crippen molar-refractivity contribution in [1.82, 2.24) is 20.2 Å². The number of hydrogen-bond donors (Lipinski definition) is 1. The number of tetrazole rings is 1. The molecule has 1 unspecified atom stereocenters. The Morgan fingerprint density at radius 1 is 1.44 bits per heavy atom. The van der Waals surface area contributed by atoms with Gasteiger partial charge in [0.25, 0.3) is 0 Å². The van der Waals surface area contributed by atoms with Gasteiger partial charge in [-0.2, -0.15) is 0 Å². The Labute approximate surface area is 96.2 Å². The molecule has 6 nitrogen and oxygen atoms in total. The number of unbranched alkanes of at least 4 members (excludes halogenated alkanes) is 1. The van der Waals surface area contributed by atoms with Gasteiger partial charge in [-0.25, -0.2) is 4.68 Å². The first-order chi connectivity index (χ1) is 7.68. The Balaban J connectivity index is 2.76. The number of aromatic nitrogens is 4. The van der Waals surface area contributed by atoms with E-state index in [9.17, 15) is 0 Å². The van der Waals surface area contributed by atoms with E-state index in [4.69, 9.17) is 10.5 Å². The topological polar surface area (TPSA) is 78.9 Å². The van der Waals surface area contributed by atoms with Crippen LogP contribution in [-0.4, -0.2) is 33.9 Å². The highest BCUT2D eigenvalue weighted by Crippen LogP contribution is 2.25. The van der Waals surface area contributed by atoms with E-state index in [0.717, 1.165) is 31.6 Å². The van der Waals surface area contributed by atoms with Crippen LogP contribution < -0.4 is 5.73 Å². The Morgan fingerprint density at radius 3 is 2.75 bits per heavy atom. The third-order valence-electron chi connectivity index (χ3n) is 2.95. The summed E-state index contributed by atoms with van der Waals surface area (Å²) in [4.78, 5) is 0. The summed E-state index contributed by atoms with van der Waals surface area (Å²) in [6.07, 6.45) is 2.80. The van der Waals surface area contributed by atoms with Crippen LogP contribution in [0.4, 0.5) is 0 Å². The Kier molecular flexibility index (Phi) is 4.82. The van der Waals surface area contributed by atoms with E-state index in [2.05, 4.69) is 22.4 Å². The standard InChI is InChI=1S/C10H21N5O/c1-4-10(2,16-3)9-12-13-14-15(9)8-6-5-7-11/h4-8,11H2,1-3H3. The second-order valence-corrected chi connectivity index (χ2v) is 4.01. The highest BCUT2D eigenvalue weighted by Gasteiger charge is 2.30. The summed E-state index contributed by atoms with van der Waals surface area (Å²) in [6.45, 7) is 5.55. The molecule has 1 rings (SSSR count). The fraction of sp³-hybridized carbons (Fsp3) is 0.900. The molecule has 92 valence electrons. The van der Waals surface area contributed by atoms with Gasteiger partial charge in [0, 0.05) is 13.7 Å². The van der Waals surface area contributed by atoms with Crippen molar-refractivity contribution in [1.29, 1.82) is 0 Å². The molecule has 0 saturated carbocycles. The molecule has 1 heterocycles. The molecule has 0 aromatic carbocycles. The largest absolute Gasteiger partial charge is 0.370 e. The van der Waals surface area contributed by atoms with Crippen molar-refractivity contribution >= 4 is 0 Å². The van der Waals surface area contributed by atoms with E-state index >= 15 is 0 Å². The van der Waals surface area contributed by atoms with Gasteiger partial charge < -0.3 is 10.5 Å². The Hall–Kier alpha value is -1.01. The lowest BCUT2D eigenvalue weighted by atomic mass is 10.0. The number of aryl methyl sites for hydroxylation is 1. The van der Waals surface area contributed by atoms with Crippen LogP contribution in [-0.2, 0) is 16.9 Å². The monoisotopic (exact) mass is 227 g/mol. The third-order valence-corrected chi connectivity index (χ3v) is 2.95. The maximum absolute atomic E-state index is 5.49. The van der Waals surface area contributed by atoms with Crippen LogP contribution in [0.2, 0.25) is 0 Å². The van der Waals surface area contributed by atoms with Crippen LogP contribution in [0.15, 0.2) is 0 Å². The van der Waals surface area contributed by atoms with Crippen LogP contribution in [0.1, 0.15) is 38.9 Å². The Morgan fingerprint density at radius 2 is 2.19 bits per heavy atom. The average Bonchev–Trinajstić information content (AvgIpc) is 2.77. The minimum Gasteiger partial charge on any atom is -0.370 e. The number of nitrogens with zero attached hydrogens (tertiary/aromatic N) is 4. The predicted octanol–water partition coefficient (Wildman–Crippen LogP) is 0.684. The molecule has 0 radical (unpaired) electrons. The molecule has 0 fully saturated rings. The molecule has 16 heavy (non-hydrogen) atoms. The van der Waals surface area contributed by atoms with Gasteiger partial charge in [-0.1, -0.05) is 6.92 Å². The second kappa shape index (κ2) is 5.91. The first kappa shape index (κ1) is 13.1. The van der Waals surface area contributed by atoms with Crippen molar-refractivity contribution in [3.63, 3.8) is 0 Å². The zero-order valence-corrected chi connectivity index (χ0v) is 10.3. The van der Waals surface area contributed by atoms with Crippen molar-refractivity contribution < 1.29 is 4.74 Å². The molecule has 0 aliphatic rings. The van der Waals surface area contributed by atoms with Crippen molar-refractivity contribution in [3.8, 4) is 0 Å². The first-order valence-corrected chi connectivity index (χ1v) is 5.69. The average molecular weight is 227 g/mol. The normalized spacial score (nSPS) is 15.0. The van der Waals surface area contributed by atoms with Gasteiger partial charge in [0.15, 0.2) is 5.82 Å². The summed E-state index contributed by atoms with van der Waals surface area (Å²) in [7, 11) is 1.68. The maximum Gasteiger partial charge on any atom is 0.183 e. The quantitative estimate of drug-likeness (QED) is 0.693. The van der Waals surface area contributed by atoms with Crippen LogP contribution in [0.25, 0.3) is 0 Å². The number of methoxy groups -OCH3 is 1. The van der Waals surface area contributed by atoms with Gasteiger partial charge in [0.1, 0.15) is 5.60 Å². The van der Waals surface area contributed by atoms with Crippen molar-refractivity contribution in [2.24, 2.45) is 5.73 Å². The molecule has 0 aliphatic carbocycles. The van der Waals surface area contributed by atoms with E-state index in [-0.39, 0.29) is 0 Å². The summed E-state index contributed by atoms with van der Waals surface area (Å²) in [5.41, 5.74) is 5.05. The van der Waals surface area contributed by atoms with Gasteiger partial charge in [-0.3, -0.25) is 0 Å². The predicted molar refractivity (Wildman–Crippen MR) is 60.8 cm³/mol. The minimum absolute atomic E-state index is 0.411. The van der Waals surface area contributed by atoms with E-state index in [1.165, 1.54) is 0 Å². The van der Waals surface area contributed by atoms with E-state index < -0.39 is 5.60 Å². The molecule has 6 heteroatoms. The van der Waals surface area contributed by atoms with E-state index in [0.29, 0.717) is 6.54 Å². The number of hydrogen-bond acceptors (Lipinski definition) is 5. The molecular weight excluding hydrogens is 206 g/mol. The molecular formula is C10H21N5O. The van der Waals surface area contributed by atoms with E-state index in [1.807, 2.05) is 11.6 Å². The molecule has 0 amide bonds. The number of ether oxygens (including phenoxy) is 1. The summed E-state index contributed by atoms with van der Waals surface area (Å²) in [5.74, 6) is 0.787. The highest BCUT2D eigenvalue weighted by atomic mass is 16.5. The molecule has 0 bridgehead atoms. The maximum atomic E-state index is 5.49. The minimum atomic E-state index is -0.411. The van der Waals surface area contributed by atoms with Crippen molar-refractivity contribution in [3.05, 3.63) is 5.82 Å². The molecule has 1 aromatic heterocycles. The number of nitrogens with two attached hydrogens (primary N) is 1. The SMILES string of the molecule is CCC(C)(OC)c1nnnn1CCCCN. The lowest BCUT2D eigenvalue weighted by molar-refractivity contribution is -0.0129. The molecule has 1 atom stereocenters. The zero-order chi connectivity index (χ0) is 12.0.